The normalized spacial score (nSPS) is 13.8. The minimum Gasteiger partial charge on any atom is -0.454 e. The summed E-state index contributed by atoms with van der Waals surface area (Å²) in [5.74, 6) is 2.15. The van der Waals surface area contributed by atoms with Gasteiger partial charge in [0.1, 0.15) is 5.75 Å². The molecule has 0 N–H and O–H groups in total. The molecule has 0 radical (unpaired) electrons. The van der Waals surface area contributed by atoms with Gasteiger partial charge in [-0.25, -0.2) is 0 Å². The van der Waals surface area contributed by atoms with Crippen LogP contribution in [0.4, 0.5) is 0 Å². The van der Waals surface area contributed by atoms with Crippen LogP contribution in [0.15, 0.2) is 30.0 Å². The summed E-state index contributed by atoms with van der Waals surface area (Å²) in [5, 5.41) is 0. The van der Waals surface area contributed by atoms with Gasteiger partial charge in [-0.15, -0.1) is 0 Å². The van der Waals surface area contributed by atoms with Crippen LogP contribution in [-0.2, 0) is 4.79 Å². The monoisotopic (exact) mass is 206 g/mol. The fourth-order valence-electron chi connectivity index (χ4n) is 1.23. The predicted octanol–water partition coefficient (Wildman–Crippen LogP) is 1.90. The van der Waals surface area contributed by atoms with Gasteiger partial charge in [0, 0.05) is 6.07 Å². The molecule has 0 aromatic heterocycles. The third-order valence-electron chi connectivity index (χ3n) is 1.98. The van der Waals surface area contributed by atoms with Crippen molar-refractivity contribution in [1.82, 2.24) is 0 Å². The van der Waals surface area contributed by atoms with E-state index in [9.17, 15) is 4.79 Å². The molecular weight excluding hydrogens is 196 g/mol. The van der Waals surface area contributed by atoms with Gasteiger partial charge in [-0.3, -0.25) is 4.79 Å². The lowest BCUT2D eigenvalue weighted by Crippen LogP contribution is -1.95. The van der Waals surface area contributed by atoms with Gasteiger partial charge in [-0.1, -0.05) is 0 Å². The number of fused-ring (bicyclic) bond motifs is 1. The van der Waals surface area contributed by atoms with Gasteiger partial charge < -0.3 is 14.2 Å². The second-order valence-corrected chi connectivity index (χ2v) is 2.93. The molecule has 0 aliphatic carbocycles. The molecule has 0 saturated heterocycles. The minimum absolute atomic E-state index is 0.225. The highest BCUT2D eigenvalue weighted by Gasteiger charge is 2.13. The Morgan fingerprint density at radius 1 is 1.40 bits per heavy atom. The molecular formula is C11H10O4. The predicted molar refractivity (Wildman–Crippen MR) is 53.0 cm³/mol. The lowest BCUT2D eigenvalue weighted by molar-refractivity contribution is -0.106. The lowest BCUT2D eigenvalue weighted by Gasteiger charge is -2.04. The Bertz CT molecular complexity index is 409. The van der Waals surface area contributed by atoms with Crippen LogP contribution in [0.5, 0.6) is 17.2 Å². The molecule has 1 aliphatic rings. The first-order valence-electron chi connectivity index (χ1n) is 4.52. The van der Waals surface area contributed by atoms with Crippen LogP contribution in [-0.4, -0.2) is 13.1 Å². The van der Waals surface area contributed by atoms with Gasteiger partial charge in [0.25, 0.3) is 0 Å². The zero-order valence-corrected chi connectivity index (χ0v) is 8.23. The molecule has 2 rings (SSSR count). The van der Waals surface area contributed by atoms with Gasteiger partial charge in [-0.05, 0) is 25.1 Å². The van der Waals surface area contributed by atoms with Gasteiger partial charge >= 0.3 is 0 Å². The first kappa shape index (κ1) is 9.58. The minimum atomic E-state index is 0.225. The Kier molecular flexibility index (Phi) is 2.58. The van der Waals surface area contributed by atoms with Crippen LogP contribution in [0, 0.1) is 0 Å². The van der Waals surface area contributed by atoms with E-state index in [-0.39, 0.29) is 12.6 Å². The van der Waals surface area contributed by atoms with Crippen molar-refractivity contribution in [3.05, 3.63) is 30.0 Å². The largest absolute Gasteiger partial charge is 0.454 e. The summed E-state index contributed by atoms with van der Waals surface area (Å²) in [6.45, 7) is 1.96. The molecule has 1 heterocycles. The smallest absolute Gasteiger partial charge is 0.231 e. The number of allylic oxidation sites excluding steroid dienone is 2. The maximum atomic E-state index is 10.5. The number of ether oxygens (including phenoxy) is 3. The highest BCUT2D eigenvalue weighted by molar-refractivity contribution is 5.71. The average Bonchev–Trinajstić information content (AvgIpc) is 2.73. The van der Waals surface area contributed by atoms with Crippen LogP contribution < -0.4 is 14.2 Å². The summed E-state index contributed by atoms with van der Waals surface area (Å²) < 4.78 is 15.6. The van der Waals surface area contributed by atoms with Crippen LogP contribution >= 0.6 is 0 Å². The maximum absolute atomic E-state index is 10.5. The summed E-state index contributed by atoms with van der Waals surface area (Å²) in [6, 6.07) is 5.16. The van der Waals surface area contributed by atoms with E-state index in [4.69, 9.17) is 14.2 Å². The van der Waals surface area contributed by atoms with Crippen LogP contribution in [0.3, 0.4) is 0 Å². The number of aldehydes is 1. The molecule has 0 bridgehead atoms. The Labute approximate surface area is 87.1 Å². The molecule has 0 amide bonds. The first-order chi connectivity index (χ1) is 7.33. The number of rotatable bonds is 3. The Morgan fingerprint density at radius 3 is 2.93 bits per heavy atom. The number of carbonyl (C=O) groups excluding carboxylic acids is 1. The summed E-state index contributed by atoms with van der Waals surface area (Å²) in [4.78, 5) is 10.5. The molecule has 1 aromatic carbocycles. The summed E-state index contributed by atoms with van der Waals surface area (Å²) >= 11 is 0. The molecule has 15 heavy (non-hydrogen) atoms. The van der Waals surface area contributed by atoms with E-state index in [0.717, 1.165) is 0 Å². The summed E-state index contributed by atoms with van der Waals surface area (Å²) in [7, 11) is 0. The van der Waals surface area contributed by atoms with Gasteiger partial charge in [-0.2, -0.15) is 0 Å². The average molecular weight is 206 g/mol. The highest BCUT2D eigenvalue weighted by Crippen LogP contribution is 2.35. The second kappa shape index (κ2) is 4.04. The van der Waals surface area contributed by atoms with Crippen molar-refractivity contribution in [1.29, 1.82) is 0 Å². The molecule has 1 aromatic rings. The number of carbonyl (C=O) groups is 1. The third kappa shape index (κ3) is 1.93. The fourth-order valence-corrected chi connectivity index (χ4v) is 1.23. The number of hydrogen-bond donors (Lipinski definition) is 0. The molecule has 1 aliphatic heterocycles. The highest BCUT2D eigenvalue weighted by atomic mass is 16.7. The van der Waals surface area contributed by atoms with Crippen molar-refractivity contribution in [2.75, 3.05) is 6.79 Å². The van der Waals surface area contributed by atoms with E-state index in [1.54, 1.807) is 31.2 Å². The van der Waals surface area contributed by atoms with Gasteiger partial charge in [0.05, 0.1) is 0 Å². The van der Waals surface area contributed by atoms with Crippen molar-refractivity contribution in [3.8, 4) is 17.2 Å². The molecule has 0 fully saturated rings. The van der Waals surface area contributed by atoms with E-state index in [1.165, 1.54) is 0 Å². The van der Waals surface area contributed by atoms with Crippen molar-refractivity contribution in [2.45, 2.75) is 6.92 Å². The molecule has 4 heteroatoms. The molecule has 0 spiro atoms. The van der Waals surface area contributed by atoms with E-state index < -0.39 is 0 Å². The van der Waals surface area contributed by atoms with Crippen LogP contribution in [0.2, 0.25) is 0 Å². The Morgan fingerprint density at radius 2 is 2.20 bits per heavy atom. The zero-order chi connectivity index (χ0) is 10.7. The van der Waals surface area contributed by atoms with Crippen LogP contribution in [0.25, 0.3) is 0 Å². The van der Waals surface area contributed by atoms with Crippen molar-refractivity contribution >= 4 is 6.29 Å². The van der Waals surface area contributed by atoms with Crippen LogP contribution in [0.1, 0.15) is 6.92 Å². The number of benzene rings is 1. The molecule has 4 nitrogen and oxygen atoms in total. The van der Waals surface area contributed by atoms with Crippen molar-refractivity contribution in [2.24, 2.45) is 0 Å². The molecule has 0 saturated carbocycles. The van der Waals surface area contributed by atoms with E-state index in [0.29, 0.717) is 23.5 Å². The lowest BCUT2D eigenvalue weighted by atomic mass is 10.3. The maximum Gasteiger partial charge on any atom is 0.231 e. The molecule has 0 unspecified atom stereocenters. The quantitative estimate of drug-likeness (QED) is 0.430. The fraction of sp³-hybridized carbons (Fsp3) is 0.182. The van der Waals surface area contributed by atoms with E-state index in [2.05, 4.69) is 0 Å². The second-order valence-electron chi connectivity index (χ2n) is 2.93. The van der Waals surface area contributed by atoms with E-state index in [1.807, 2.05) is 0 Å². The van der Waals surface area contributed by atoms with Crippen molar-refractivity contribution in [3.63, 3.8) is 0 Å². The van der Waals surface area contributed by atoms with Gasteiger partial charge in [0.2, 0.25) is 6.79 Å². The summed E-state index contributed by atoms with van der Waals surface area (Å²) in [6.07, 6.45) is 2.25. The first-order valence-corrected chi connectivity index (χ1v) is 4.52. The topological polar surface area (TPSA) is 44.8 Å². The zero-order valence-electron chi connectivity index (χ0n) is 8.23. The molecule has 0 atom stereocenters. The molecule has 78 valence electrons. The summed E-state index contributed by atoms with van der Waals surface area (Å²) in [5.41, 5.74) is 0. The standard InChI is InChI=1S/C11H10O4/c1-2-8(6-12)15-9-3-4-10-11(5-9)14-7-13-10/h2-6H,7H2,1H3/b8-2+. The third-order valence-corrected chi connectivity index (χ3v) is 1.98. The number of hydrogen-bond acceptors (Lipinski definition) is 4. The SMILES string of the molecule is C/C=C(\C=O)Oc1ccc2c(c1)OCO2. The van der Waals surface area contributed by atoms with Crippen molar-refractivity contribution < 1.29 is 19.0 Å². The van der Waals surface area contributed by atoms with Gasteiger partial charge in [0.15, 0.2) is 23.5 Å². The Hall–Kier alpha value is -1.97. The Balaban J connectivity index is 2.20. The van der Waals surface area contributed by atoms with E-state index >= 15 is 0 Å².